The number of hydrogen-bond donors (Lipinski definition) is 1. The monoisotopic (exact) mass is 253 g/mol. The van der Waals surface area contributed by atoms with Crippen LogP contribution in [-0.4, -0.2) is 42.6 Å². The number of esters is 1. The number of piperazine rings is 1. The fourth-order valence-electron chi connectivity index (χ4n) is 1.74. The summed E-state index contributed by atoms with van der Waals surface area (Å²) in [6.45, 7) is 4.87. The average Bonchev–Trinajstić information content (AvgIpc) is 2.82. The van der Waals surface area contributed by atoms with Crippen LogP contribution < -0.4 is 10.2 Å². The van der Waals surface area contributed by atoms with E-state index >= 15 is 0 Å². The maximum atomic E-state index is 11.5. The van der Waals surface area contributed by atoms with Gasteiger partial charge < -0.3 is 19.4 Å². The molecule has 1 aliphatic heterocycles. The van der Waals surface area contributed by atoms with Crippen LogP contribution in [0.5, 0.6) is 0 Å². The van der Waals surface area contributed by atoms with Crippen molar-refractivity contribution in [2.75, 3.05) is 24.6 Å². The molecular formula is C11H15N3O4. The number of ether oxygens (including phenoxy) is 1. The molecule has 98 valence electrons. The minimum atomic E-state index is -0.526. The molecule has 0 saturated carbocycles. The van der Waals surface area contributed by atoms with E-state index in [2.05, 4.69) is 10.3 Å². The van der Waals surface area contributed by atoms with Gasteiger partial charge in [0.05, 0.1) is 6.61 Å². The third-order valence-electron chi connectivity index (χ3n) is 2.72. The Bertz CT molecular complexity index is 457. The molecule has 1 aromatic rings. The van der Waals surface area contributed by atoms with Gasteiger partial charge in [0, 0.05) is 13.1 Å². The zero-order valence-electron chi connectivity index (χ0n) is 10.3. The van der Waals surface area contributed by atoms with Gasteiger partial charge in [0.2, 0.25) is 5.91 Å². The lowest BCUT2D eigenvalue weighted by Gasteiger charge is -2.31. The summed E-state index contributed by atoms with van der Waals surface area (Å²) in [6, 6.07) is -0.104. The zero-order chi connectivity index (χ0) is 13.1. The molecule has 2 heterocycles. The van der Waals surface area contributed by atoms with Crippen molar-refractivity contribution in [3.05, 3.63) is 12.0 Å². The van der Waals surface area contributed by atoms with Crippen molar-refractivity contribution in [3.8, 4) is 0 Å². The molecule has 0 spiro atoms. The molecule has 18 heavy (non-hydrogen) atoms. The molecule has 7 heteroatoms. The standard InChI is InChI=1S/C11H15N3O4/c1-3-17-10(16)8-6-18-11(13-8)14-5-4-12-9(15)7(14)2/h6-7H,3-5H2,1-2H3,(H,12,15). The molecule has 1 aliphatic rings. The quantitative estimate of drug-likeness (QED) is 0.773. The number of carbonyl (C=O) groups excluding carboxylic acids is 2. The summed E-state index contributed by atoms with van der Waals surface area (Å²) < 4.78 is 10.0. The first kappa shape index (κ1) is 12.4. The lowest BCUT2D eigenvalue weighted by atomic mass is 10.2. The number of amides is 1. The van der Waals surface area contributed by atoms with E-state index in [4.69, 9.17) is 9.15 Å². The third kappa shape index (κ3) is 2.29. The Morgan fingerprint density at radius 2 is 2.50 bits per heavy atom. The summed E-state index contributed by atoms with van der Waals surface area (Å²) in [5, 5.41) is 2.74. The van der Waals surface area contributed by atoms with Crippen LogP contribution in [0.25, 0.3) is 0 Å². The number of nitrogens with zero attached hydrogens (tertiary/aromatic N) is 2. The highest BCUT2D eigenvalue weighted by Gasteiger charge is 2.29. The van der Waals surface area contributed by atoms with Crippen LogP contribution in [0.2, 0.25) is 0 Å². The summed E-state index contributed by atoms with van der Waals surface area (Å²) in [5.41, 5.74) is 0.116. The van der Waals surface area contributed by atoms with E-state index in [9.17, 15) is 9.59 Å². The predicted molar refractivity (Wildman–Crippen MR) is 62.3 cm³/mol. The largest absolute Gasteiger partial charge is 0.461 e. The van der Waals surface area contributed by atoms with Gasteiger partial charge in [-0.1, -0.05) is 0 Å². The number of nitrogens with one attached hydrogen (secondary N) is 1. The minimum absolute atomic E-state index is 0.0860. The number of carbonyl (C=O) groups is 2. The van der Waals surface area contributed by atoms with Crippen molar-refractivity contribution >= 4 is 17.9 Å². The Balaban J connectivity index is 2.14. The average molecular weight is 253 g/mol. The molecule has 0 aromatic carbocycles. The van der Waals surface area contributed by atoms with Crippen molar-refractivity contribution in [2.24, 2.45) is 0 Å². The van der Waals surface area contributed by atoms with Gasteiger partial charge in [0.25, 0.3) is 6.01 Å². The summed E-state index contributed by atoms with van der Waals surface area (Å²) >= 11 is 0. The second-order valence-corrected chi connectivity index (χ2v) is 3.90. The van der Waals surface area contributed by atoms with Gasteiger partial charge in [-0.3, -0.25) is 4.79 Å². The molecule has 1 unspecified atom stereocenters. The van der Waals surface area contributed by atoms with E-state index in [1.54, 1.807) is 18.7 Å². The predicted octanol–water partition coefficient (Wildman–Crippen LogP) is 0.176. The molecular weight excluding hydrogens is 238 g/mol. The highest BCUT2D eigenvalue weighted by atomic mass is 16.5. The van der Waals surface area contributed by atoms with Gasteiger partial charge in [-0.05, 0) is 13.8 Å². The van der Waals surface area contributed by atoms with E-state index in [0.717, 1.165) is 0 Å². The van der Waals surface area contributed by atoms with Gasteiger partial charge in [0.1, 0.15) is 12.3 Å². The minimum Gasteiger partial charge on any atom is -0.461 e. The third-order valence-corrected chi connectivity index (χ3v) is 2.72. The van der Waals surface area contributed by atoms with Crippen molar-refractivity contribution in [3.63, 3.8) is 0 Å². The smallest absolute Gasteiger partial charge is 0.360 e. The normalized spacial score (nSPS) is 19.6. The summed E-state index contributed by atoms with van der Waals surface area (Å²) in [7, 11) is 0. The molecule has 1 saturated heterocycles. The van der Waals surface area contributed by atoms with E-state index in [0.29, 0.717) is 13.1 Å². The Kier molecular flexibility index (Phi) is 3.50. The van der Waals surface area contributed by atoms with Crippen molar-refractivity contribution < 1.29 is 18.7 Å². The molecule has 0 bridgehead atoms. The molecule has 1 N–H and O–H groups in total. The molecule has 0 aliphatic carbocycles. The van der Waals surface area contributed by atoms with Gasteiger partial charge in [-0.2, -0.15) is 4.98 Å². The van der Waals surface area contributed by atoms with Gasteiger partial charge in [-0.15, -0.1) is 0 Å². The van der Waals surface area contributed by atoms with Crippen LogP contribution in [0.3, 0.4) is 0 Å². The maximum absolute atomic E-state index is 11.5. The van der Waals surface area contributed by atoms with Crippen LogP contribution in [0.4, 0.5) is 6.01 Å². The number of anilines is 1. The second kappa shape index (κ2) is 5.07. The molecule has 1 amide bonds. The fourth-order valence-corrected chi connectivity index (χ4v) is 1.74. The first-order chi connectivity index (χ1) is 8.63. The zero-order valence-corrected chi connectivity index (χ0v) is 10.3. The maximum Gasteiger partial charge on any atom is 0.360 e. The lowest BCUT2D eigenvalue weighted by molar-refractivity contribution is -0.123. The van der Waals surface area contributed by atoms with Gasteiger partial charge in [0.15, 0.2) is 5.69 Å². The number of aromatic nitrogens is 1. The number of oxazole rings is 1. The molecule has 1 atom stereocenters. The Morgan fingerprint density at radius 3 is 3.22 bits per heavy atom. The highest BCUT2D eigenvalue weighted by Crippen LogP contribution is 2.18. The van der Waals surface area contributed by atoms with Crippen molar-refractivity contribution in [1.82, 2.24) is 10.3 Å². The number of hydrogen-bond acceptors (Lipinski definition) is 6. The molecule has 2 rings (SSSR count). The summed E-state index contributed by atoms with van der Waals surface area (Å²) in [5.74, 6) is -0.612. The summed E-state index contributed by atoms with van der Waals surface area (Å²) in [4.78, 5) is 28.7. The fraction of sp³-hybridized carbons (Fsp3) is 0.545. The molecule has 0 radical (unpaired) electrons. The van der Waals surface area contributed by atoms with E-state index in [-0.39, 0.29) is 30.3 Å². The SMILES string of the molecule is CCOC(=O)c1coc(N2CCNC(=O)C2C)n1. The summed E-state index contributed by atoms with van der Waals surface area (Å²) in [6.07, 6.45) is 1.24. The van der Waals surface area contributed by atoms with E-state index < -0.39 is 5.97 Å². The second-order valence-electron chi connectivity index (χ2n) is 3.90. The first-order valence-electron chi connectivity index (χ1n) is 5.80. The molecule has 1 fully saturated rings. The van der Waals surface area contributed by atoms with Crippen LogP contribution in [0.15, 0.2) is 10.7 Å². The Hall–Kier alpha value is -2.05. The first-order valence-corrected chi connectivity index (χ1v) is 5.80. The van der Waals surface area contributed by atoms with Crippen molar-refractivity contribution in [1.29, 1.82) is 0 Å². The highest BCUT2D eigenvalue weighted by molar-refractivity contribution is 5.88. The van der Waals surface area contributed by atoms with E-state index in [1.807, 2.05) is 0 Å². The van der Waals surface area contributed by atoms with E-state index in [1.165, 1.54) is 6.26 Å². The topological polar surface area (TPSA) is 84.7 Å². The van der Waals surface area contributed by atoms with Crippen LogP contribution in [0, 0.1) is 0 Å². The molecule has 1 aromatic heterocycles. The molecule has 7 nitrogen and oxygen atoms in total. The number of rotatable bonds is 3. The van der Waals surface area contributed by atoms with Crippen LogP contribution in [-0.2, 0) is 9.53 Å². The van der Waals surface area contributed by atoms with Gasteiger partial charge >= 0.3 is 5.97 Å². The van der Waals surface area contributed by atoms with Gasteiger partial charge in [-0.25, -0.2) is 4.79 Å². The van der Waals surface area contributed by atoms with Crippen LogP contribution in [0.1, 0.15) is 24.3 Å². The Morgan fingerprint density at radius 1 is 1.72 bits per heavy atom. The lowest BCUT2D eigenvalue weighted by Crippen LogP contribution is -2.54. The van der Waals surface area contributed by atoms with Crippen molar-refractivity contribution in [2.45, 2.75) is 19.9 Å². The van der Waals surface area contributed by atoms with Crippen LogP contribution >= 0.6 is 0 Å². The Labute approximate surface area is 104 Å².